The SMILES string of the molecule is Cl.Cl.O=CCOCCN1CCN(C(c2ccccc2)c2ccc(Cl)cc2)CC1. The second kappa shape index (κ2) is 13.2. The van der Waals surface area contributed by atoms with E-state index in [0.717, 1.165) is 44.0 Å². The molecule has 1 fully saturated rings. The third-order valence-corrected chi connectivity index (χ3v) is 5.06. The maximum absolute atomic E-state index is 10.3. The highest BCUT2D eigenvalue weighted by molar-refractivity contribution is 6.30. The molecule has 1 aliphatic heterocycles. The number of rotatable bonds is 8. The molecule has 0 saturated carbocycles. The van der Waals surface area contributed by atoms with E-state index in [2.05, 4.69) is 52.3 Å². The molecule has 1 unspecified atom stereocenters. The van der Waals surface area contributed by atoms with Crippen LogP contribution in [0, 0.1) is 0 Å². The Kier molecular flexibility index (Phi) is 11.7. The smallest absolute Gasteiger partial charge is 0.145 e. The fourth-order valence-corrected chi connectivity index (χ4v) is 3.59. The van der Waals surface area contributed by atoms with Crippen LogP contribution in [0.5, 0.6) is 0 Å². The Bertz CT molecular complexity index is 678. The largest absolute Gasteiger partial charge is 0.373 e. The number of benzene rings is 2. The Balaban J connectivity index is 0.00000196. The molecule has 0 radical (unpaired) electrons. The van der Waals surface area contributed by atoms with Crippen molar-refractivity contribution in [1.29, 1.82) is 0 Å². The van der Waals surface area contributed by atoms with Gasteiger partial charge in [0.05, 0.1) is 12.6 Å². The zero-order valence-electron chi connectivity index (χ0n) is 15.7. The van der Waals surface area contributed by atoms with Crippen LogP contribution in [0.4, 0.5) is 0 Å². The summed E-state index contributed by atoms with van der Waals surface area (Å²) in [5.41, 5.74) is 2.57. The van der Waals surface area contributed by atoms with Gasteiger partial charge in [0.2, 0.25) is 0 Å². The first-order valence-corrected chi connectivity index (χ1v) is 9.44. The van der Waals surface area contributed by atoms with Gasteiger partial charge in [-0.25, -0.2) is 0 Å². The quantitative estimate of drug-likeness (QED) is 0.452. The van der Waals surface area contributed by atoms with E-state index in [0.29, 0.717) is 6.61 Å². The van der Waals surface area contributed by atoms with Crippen LogP contribution in [0.15, 0.2) is 54.6 Å². The Morgan fingerprint density at radius 2 is 1.54 bits per heavy atom. The first-order valence-electron chi connectivity index (χ1n) is 9.06. The standard InChI is InChI=1S/C21H25ClN2O2.2ClH/c22-20-8-6-19(7-9-20)21(18-4-2-1-3-5-18)24-12-10-23(11-13-24)14-16-26-17-15-25;;/h1-9,15,21H,10-14,16-17H2;2*1H. The summed E-state index contributed by atoms with van der Waals surface area (Å²) in [6, 6.07) is 19.1. The summed E-state index contributed by atoms with van der Waals surface area (Å²) in [7, 11) is 0. The summed E-state index contributed by atoms with van der Waals surface area (Å²) in [6.45, 7) is 5.66. The van der Waals surface area contributed by atoms with Crippen LogP contribution in [0.3, 0.4) is 0 Å². The second-order valence-corrected chi connectivity index (χ2v) is 6.92. The second-order valence-electron chi connectivity index (χ2n) is 6.48. The molecule has 0 aromatic heterocycles. The van der Waals surface area contributed by atoms with Crippen LogP contribution < -0.4 is 0 Å². The van der Waals surface area contributed by atoms with Gasteiger partial charge in [-0.05, 0) is 23.3 Å². The number of hydrogen-bond acceptors (Lipinski definition) is 4. The molecule has 0 amide bonds. The van der Waals surface area contributed by atoms with Crippen LogP contribution in [0.25, 0.3) is 0 Å². The first-order chi connectivity index (χ1) is 12.8. The molecule has 7 heteroatoms. The lowest BCUT2D eigenvalue weighted by molar-refractivity contribution is -0.112. The van der Waals surface area contributed by atoms with Crippen molar-refractivity contribution in [2.75, 3.05) is 45.9 Å². The summed E-state index contributed by atoms with van der Waals surface area (Å²) in [5, 5.41) is 0.765. The number of carbonyl (C=O) groups is 1. The number of piperazine rings is 1. The maximum atomic E-state index is 10.3. The van der Waals surface area contributed by atoms with Crippen molar-refractivity contribution in [1.82, 2.24) is 9.80 Å². The number of aldehydes is 1. The lowest BCUT2D eigenvalue weighted by Gasteiger charge is -2.39. The number of carbonyl (C=O) groups excluding carboxylic acids is 1. The fraction of sp³-hybridized carbons (Fsp3) is 0.381. The average molecular weight is 446 g/mol. The van der Waals surface area contributed by atoms with Gasteiger partial charge in [-0.3, -0.25) is 9.80 Å². The van der Waals surface area contributed by atoms with E-state index >= 15 is 0 Å². The summed E-state index contributed by atoms with van der Waals surface area (Å²) < 4.78 is 5.27. The molecule has 3 rings (SSSR count). The zero-order valence-corrected chi connectivity index (χ0v) is 18.1. The van der Waals surface area contributed by atoms with Gasteiger partial charge in [0.15, 0.2) is 0 Å². The molecule has 0 N–H and O–H groups in total. The molecule has 154 valence electrons. The fourth-order valence-electron chi connectivity index (χ4n) is 3.46. The lowest BCUT2D eigenvalue weighted by atomic mass is 9.96. The van der Waals surface area contributed by atoms with E-state index in [-0.39, 0.29) is 37.5 Å². The Morgan fingerprint density at radius 1 is 0.929 bits per heavy atom. The van der Waals surface area contributed by atoms with Gasteiger partial charge in [0.25, 0.3) is 0 Å². The predicted octanol–water partition coefficient (Wildman–Crippen LogP) is 4.11. The van der Waals surface area contributed by atoms with Crippen molar-refractivity contribution in [3.05, 3.63) is 70.7 Å². The van der Waals surface area contributed by atoms with Gasteiger partial charge < -0.3 is 9.53 Å². The molecule has 1 atom stereocenters. The number of halogens is 3. The van der Waals surface area contributed by atoms with E-state index < -0.39 is 0 Å². The Hall–Kier alpha value is -1.14. The third kappa shape index (κ3) is 7.03. The number of hydrogen-bond donors (Lipinski definition) is 0. The summed E-state index contributed by atoms with van der Waals surface area (Å²) in [6.07, 6.45) is 0.800. The molecule has 2 aromatic rings. The van der Waals surface area contributed by atoms with Crippen molar-refractivity contribution in [3.8, 4) is 0 Å². The monoisotopic (exact) mass is 444 g/mol. The van der Waals surface area contributed by atoms with E-state index in [9.17, 15) is 4.79 Å². The van der Waals surface area contributed by atoms with Gasteiger partial charge in [0.1, 0.15) is 12.9 Å². The minimum atomic E-state index is 0. The molecule has 2 aromatic carbocycles. The highest BCUT2D eigenvalue weighted by Gasteiger charge is 2.26. The summed E-state index contributed by atoms with van der Waals surface area (Å²) >= 11 is 6.08. The molecule has 1 aliphatic rings. The van der Waals surface area contributed by atoms with Gasteiger partial charge >= 0.3 is 0 Å². The number of nitrogens with zero attached hydrogens (tertiary/aromatic N) is 2. The minimum absolute atomic E-state index is 0. The topological polar surface area (TPSA) is 32.8 Å². The van der Waals surface area contributed by atoms with E-state index in [1.54, 1.807) is 0 Å². The minimum Gasteiger partial charge on any atom is -0.373 e. The molecular weight excluding hydrogens is 419 g/mol. The van der Waals surface area contributed by atoms with Gasteiger partial charge in [-0.2, -0.15) is 0 Å². The third-order valence-electron chi connectivity index (χ3n) is 4.81. The van der Waals surface area contributed by atoms with Gasteiger partial charge in [0, 0.05) is 37.7 Å². The molecular formula is C21H27Cl3N2O2. The first kappa shape index (κ1) is 24.9. The number of ether oxygens (including phenoxy) is 1. The molecule has 0 bridgehead atoms. The van der Waals surface area contributed by atoms with E-state index in [1.807, 2.05) is 12.1 Å². The van der Waals surface area contributed by atoms with Crippen molar-refractivity contribution >= 4 is 42.7 Å². The normalized spacial score (nSPS) is 15.9. The lowest BCUT2D eigenvalue weighted by Crippen LogP contribution is -2.48. The maximum Gasteiger partial charge on any atom is 0.145 e. The van der Waals surface area contributed by atoms with Gasteiger partial charge in [-0.15, -0.1) is 24.8 Å². The van der Waals surface area contributed by atoms with Crippen LogP contribution in [-0.4, -0.2) is 62.0 Å². The van der Waals surface area contributed by atoms with Crippen LogP contribution in [-0.2, 0) is 9.53 Å². The molecule has 28 heavy (non-hydrogen) atoms. The molecule has 1 saturated heterocycles. The van der Waals surface area contributed by atoms with E-state index in [4.69, 9.17) is 16.3 Å². The molecule has 1 heterocycles. The summed E-state index contributed by atoms with van der Waals surface area (Å²) in [5.74, 6) is 0. The van der Waals surface area contributed by atoms with Crippen LogP contribution in [0.2, 0.25) is 5.02 Å². The van der Waals surface area contributed by atoms with Gasteiger partial charge in [-0.1, -0.05) is 54.1 Å². The van der Waals surface area contributed by atoms with Crippen molar-refractivity contribution in [2.24, 2.45) is 0 Å². The highest BCUT2D eigenvalue weighted by Crippen LogP contribution is 2.30. The van der Waals surface area contributed by atoms with Crippen LogP contribution >= 0.6 is 36.4 Å². The van der Waals surface area contributed by atoms with Crippen LogP contribution in [0.1, 0.15) is 17.2 Å². The van der Waals surface area contributed by atoms with E-state index in [1.165, 1.54) is 11.1 Å². The Morgan fingerprint density at radius 3 is 2.14 bits per heavy atom. The Labute approximate surface area is 184 Å². The van der Waals surface area contributed by atoms with Crippen molar-refractivity contribution in [2.45, 2.75) is 6.04 Å². The molecule has 0 spiro atoms. The van der Waals surface area contributed by atoms with Crippen molar-refractivity contribution in [3.63, 3.8) is 0 Å². The predicted molar refractivity (Wildman–Crippen MR) is 119 cm³/mol. The molecule has 4 nitrogen and oxygen atoms in total. The average Bonchev–Trinajstić information content (AvgIpc) is 2.69. The summed E-state index contributed by atoms with van der Waals surface area (Å²) in [4.78, 5) is 15.2. The van der Waals surface area contributed by atoms with Crippen molar-refractivity contribution < 1.29 is 9.53 Å². The zero-order chi connectivity index (χ0) is 18.2. The highest BCUT2D eigenvalue weighted by atomic mass is 35.5. The molecule has 0 aliphatic carbocycles.